The number of anilines is 1. The molecule has 0 atom stereocenters. The number of pyridine rings is 1. The van der Waals surface area contributed by atoms with Crippen LogP contribution in [0.4, 0.5) is 5.82 Å². The summed E-state index contributed by atoms with van der Waals surface area (Å²) in [7, 11) is 0. The van der Waals surface area contributed by atoms with Crippen molar-refractivity contribution in [1.82, 2.24) is 4.98 Å². The van der Waals surface area contributed by atoms with Crippen LogP contribution in [0.1, 0.15) is 23.2 Å². The van der Waals surface area contributed by atoms with E-state index in [0.29, 0.717) is 12.5 Å². The van der Waals surface area contributed by atoms with Crippen LogP contribution in [0.3, 0.4) is 0 Å². The zero-order valence-corrected chi connectivity index (χ0v) is 9.47. The Kier molecular flexibility index (Phi) is 3.29. The molecule has 1 N–H and O–H groups in total. The van der Waals surface area contributed by atoms with Gasteiger partial charge >= 0.3 is 5.97 Å². The third-order valence-corrected chi connectivity index (χ3v) is 2.78. The zero-order valence-electron chi connectivity index (χ0n) is 9.47. The van der Waals surface area contributed by atoms with E-state index in [4.69, 9.17) is 11.5 Å². The molecule has 1 fully saturated rings. The number of hydrogen-bond donors (Lipinski definition) is 1. The summed E-state index contributed by atoms with van der Waals surface area (Å²) >= 11 is 0. The van der Waals surface area contributed by atoms with E-state index in [0.717, 1.165) is 12.4 Å². The number of carboxylic acids is 1. The monoisotopic (exact) mass is 230 g/mol. The van der Waals surface area contributed by atoms with Crippen molar-refractivity contribution in [3.8, 4) is 12.3 Å². The number of carboxylic acid groups (broad SMARTS) is 1. The van der Waals surface area contributed by atoms with Crippen molar-refractivity contribution in [2.45, 2.75) is 12.8 Å². The SMILES string of the molecule is C#CCN(CC1CC1)c1ccc(C(=O)O)cn1. The minimum Gasteiger partial charge on any atom is -0.478 e. The van der Waals surface area contributed by atoms with Crippen molar-refractivity contribution in [3.05, 3.63) is 23.9 Å². The summed E-state index contributed by atoms with van der Waals surface area (Å²) in [6.07, 6.45) is 9.19. The lowest BCUT2D eigenvalue weighted by atomic mass is 10.2. The summed E-state index contributed by atoms with van der Waals surface area (Å²) in [5.74, 6) is 3.11. The number of rotatable bonds is 5. The fraction of sp³-hybridized carbons (Fsp3) is 0.385. The lowest BCUT2D eigenvalue weighted by molar-refractivity contribution is 0.0696. The van der Waals surface area contributed by atoms with Gasteiger partial charge in [-0.2, -0.15) is 0 Å². The minimum absolute atomic E-state index is 0.195. The van der Waals surface area contributed by atoms with Crippen LogP contribution in [0.15, 0.2) is 18.3 Å². The molecule has 88 valence electrons. The Balaban J connectivity index is 2.11. The molecular formula is C13H14N2O2. The molecule has 0 amide bonds. The third kappa shape index (κ3) is 2.97. The number of aromatic nitrogens is 1. The molecular weight excluding hydrogens is 216 g/mol. The van der Waals surface area contributed by atoms with Crippen LogP contribution in [0, 0.1) is 18.3 Å². The predicted octanol–water partition coefficient (Wildman–Crippen LogP) is 1.63. The molecule has 1 aliphatic rings. The molecule has 1 aromatic rings. The molecule has 0 unspecified atom stereocenters. The van der Waals surface area contributed by atoms with E-state index in [1.165, 1.54) is 19.0 Å². The second kappa shape index (κ2) is 4.88. The van der Waals surface area contributed by atoms with E-state index in [-0.39, 0.29) is 5.56 Å². The maximum atomic E-state index is 10.7. The summed E-state index contributed by atoms with van der Waals surface area (Å²) < 4.78 is 0. The fourth-order valence-electron chi connectivity index (χ4n) is 1.66. The molecule has 0 radical (unpaired) electrons. The van der Waals surface area contributed by atoms with E-state index in [9.17, 15) is 4.79 Å². The minimum atomic E-state index is -0.963. The van der Waals surface area contributed by atoms with E-state index in [1.54, 1.807) is 12.1 Å². The average Bonchev–Trinajstić information content (AvgIpc) is 3.13. The maximum Gasteiger partial charge on any atom is 0.337 e. The highest BCUT2D eigenvalue weighted by Gasteiger charge is 2.24. The van der Waals surface area contributed by atoms with Crippen molar-refractivity contribution < 1.29 is 9.90 Å². The highest BCUT2D eigenvalue weighted by Crippen LogP contribution is 2.30. The number of hydrogen-bond acceptors (Lipinski definition) is 3. The Morgan fingerprint density at radius 2 is 2.35 bits per heavy atom. The van der Waals surface area contributed by atoms with Gasteiger partial charge in [-0.25, -0.2) is 9.78 Å². The number of aromatic carboxylic acids is 1. The molecule has 0 bridgehead atoms. The summed E-state index contributed by atoms with van der Waals surface area (Å²) in [6, 6.07) is 3.27. The van der Waals surface area contributed by atoms with Crippen LogP contribution >= 0.6 is 0 Å². The normalized spacial score (nSPS) is 14.1. The molecule has 1 aliphatic carbocycles. The first-order valence-electron chi connectivity index (χ1n) is 5.58. The molecule has 1 heterocycles. The Bertz CT molecular complexity index is 443. The molecule has 4 heteroatoms. The Labute approximate surface area is 100 Å². The lowest BCUT2D eigenvalue weighted by Gasteiger charge is -2.20. The van der Waals surface area contributed by atoms with Gasteiger partial charge < -0.3 is 10.0 Å². The van der Waals surface area contributed by atoms with Gasteiger partial charge in [0, 0.05) is 12.7 Å². The van der Waals surface area contributed by atoms with E-state index in [2.05, 4.69) is 10.9 Å². The zero-order chi connectivity index (χ0) is 12.3. The molecule has 0 aliphatic heterocycles. The largest absolute Gasteiger partial charge is 0.478 e. The van der Waals surface area contributed by atoms with Crippen molar-refractivity contribution in [2.24, 2.45) is 5.92 Å². The Morgan fingerprint density at radius 3 is 2.82 bits per heavy atom. The molecule has 0 saturated heterocycles. The third-order valence-electron chi connectivity index (χ3n) is 2.78. The first kappa shape index (κ1) is 11.5. The van der Waals surface area contributed by atoms with Gasteiger partial charge in [-0.3, -0.25) is 0 Å². The molecule has 17 heavy (non-hydrogen) atoms. The summed E-state index contributed by atoms with van der Waals surface area (Å²) in [5.41, 5.74) is 0.195. The first-order chi connectivity index (χ1) is 8.20. The standard InChI is InChI=1S/C13H14N2O2/c1-2-7-15(9-10-3-4-10)12-6-5-11(8-14-12)13(16)17/h1,5-6,8,10H,3-4,7,9H2,(H,16,17). The van der Waals surface area contributed by atoms with Gasteiger partial charge in [0.1, 0.15) is 5.82 Å². The average molecular weight is 230 g/mol. The van der Waals surface area contributed by atoms with Crippen LogP contribution in [0.25, 0.3) is 0 Å². The van der Waals surface area contributed by atoms with Gasteiger partial charge in [0.25, 0.3) is 0 Å². The highest BCUT2D eigenvalue weighted by molar-refractivity contribution is 5.87. The van der Waals surface area contributed by atoms with Gasteiger partial charge in [-0.05, 0) is 30.9 Å². The topological polar surface area (TPSA) is 53.4 Å². The Morgan fingerprint density at radius 1 is 1.59 bits per heavy atom. The quantitative estimate of drug-likeness (QED) is 0.781. The van der Waals surface area contributed by atoms with Crippen LogP contribution in [-0.2, 0) is 0 Å². The van der Waals surface area contributed by atoms with Crippen LogP contribution in [0.5, 0.6) is 0 Å². The number of terminal acetylenes is 1. The molecule has 1 aromatic heterocycles. The molecule has 0 spiro atoms. The van der Waals surface area contributed by atoms with Crippen molar-refractivity contribution >= 4 is 11.8 Å². The van der Waals surface area contributed by atoms with Crippen molar-refractivity contribution in [3.63, 3.8) is 0 Å². The van der Waals surface area contributed by atoms with E-state index < -0.39 is 5.97 Å². The van der Waals surface area contributed by atoms with Gasteiger partial charge in [-0.15, -0.1) is 6.42 Å². The van der Waals surface area contributed by atoms with Crippen LogP contribution < -0.4 is 4.90 Å². The second-order valence-electron chi connectivity index (χ2n) is 4.24. The van der Waals surface area contributed by atoms with Gasteiger partial charge in [0.2, 0.25) is 0 Å². The summed E-state index contributed by atoms with van der Waals surface area (Å²) in [6.45, 7) is 1.42. The molecule has 2 rings (SSSR count). The van der Waals surface area contributed by atoms with Crippen molar-refractivity contribution in [1.29, 1.82) is 0 Å². The fourth-order valence-corrected chi connectivity index (χ4v) is 1.66. The van der Waals surface area contributed by atoms with E-state index in [1.807, 2.05) is 4.90 Å². The van der Waals surface area contributed by atoms with E-state index >= 15 is 0 Å². The summed E-state index contributed by atoms with van der Waals surface area (Å²) in [5, 5.41) is 8.79. The molecule has 4 nitrogen and oxygen atoms in total. The molecule has 1 saturated carbocycles. The first-order valence-corrected chi connectivity index (χ1v) is 5.58. The summed E-state index contributed by atoms with van der Waals surface area (Å²) in [4.78, 5) is 16.9. The van der Waals surface area contributed by atoms with Gasteiger partial charge in [0.15, 0.2) is 0 Å². The maximum absolute atomic E-state index is 10.7. The molecule has 0 aromatic carbocycles. The smallest absolute Gasteiger partial charge is 0.337 e. The Hall–Kier alpha value is -2.02. The number of carbonyl (C=O) groups is 1. The highest BCUT2D eigenvalue weighted by atomic mass is 16.4. The van der Waals surface area contributed by atoms with Gasteiger partial charge in [-0.1, -0.05) is 5.92 Å². The second-order valence-corrected chi connectivity index (χ2v) is 4.24. The predicted molar refractivity (Wildman–Crippen MR) is 65.0 cm³/mol. The lowest BCUT2D eigenvalue weighted by Crippen LogP contribution is -2.26. The van der Waals surface area contributed by atoms with Crippen LogP contribution in [0.2, 0.25) is 0 Å². The van der Waals surface area contributed by atoms with Crippen molar-refractivity contribution in [2.75, 3.05) is 18.0 Å². The number of nitrogens with zero attached hydrogens (tertiary/aromatic N) is 2. The van der Waals surface area contributed by atoms with Crippen LogP contribution in [-0.4, -0.2) is 29.1 Å². The van der Waals surface area contributed by atoms with Gasteiger partial charge in [0.05, 0.1) is 12.1 Å².